The number of hydrogen-bond donors (Lipinski definition) is 4. The number of piperidine rings is 1. The molecule has 2 heterocycles. The number of urea groups is 2. The van der Waals surface area contributed by atoms with Crippen LogP contribution in [0.5, 0.6) is 11.5 Å². The van der Waals surface area contributed by atoms with Gasteiger partial charge in [-0.25, -0.2) is 15.0 Å². The van der Waals surface area contributed by atoms with Crippen molar-refractivity contribution in [2.24, 2.45) is 16.8 Å². The third-order valence-electron chi connectivity index (χ3n) is 8.07. The molecule has 0 aromatic heterocycles. The van der Waals surface area contributed by atoms with E-state index in [0.717, 1.165) is 21.8 Å². The second-order valence-corrected chi connectivity index (χ2v) is 11.0. The van der Waals surface area contributed by atoms with Gasteiger partial charge in [0, 0.05) is 30.1 Å². The largest absolute Gasteiger partial charge is 0.508 e. The topological polar surface area (TPSA) is 152 Å². The predicted octanol–water partition coefficient (Wildman–Crippen LogP) is 4.78. The van der Waals surface area contributed by atoms with Crippen LogP contribution in [0.3, 0.4) is 0 Å². The molecule has 1 saturated heterocycles. The number of nitrogens with two attached hydrogens (primary N) is 1. The standard InChI is InChI=1S/C34H32N6O5/c35-33(44)38-18-16-26(17-19-38)32(43)37-40-34(45)39(21-22-6-8-24(9-7-22)23-4-2-1-3-5-23)30-15-14-28(42)20-29(30)31(36-40)25-10-12-27(41)13-11-25/h1-15,20,26,41-42H,16-19,21H2,(H2,35,44)(H,37,43). The van der Waals surface area contributed by atoms with E-state index in [2.05, 4.69) is 10.5 Å². The van der Waals surface area contributed by atoms with Gasteiger partial charge >= 0.3 is 12.1 Å². The van der Waals surface area contributed by atoms with Gasteiger partial charge in [-0.1, -0.05) is 54.6 Å². The zero-order valence-corrected chi connectivity index (χ0v) is 24.3. The van der Waals surface area contributed by atoms with Crippen molar-refractivity contribution in [1.82, 2.24) is 15.4 Å². The maximum Gasteiger partial charge on any atom is 0.365 e. The average Bonchev–Trinajstić information content (AvgIpc) is 3.16. The number of phenolic OH excluding ortho intramolecular Hbond substituents is 2. The number of fused-ring (bicyclic) bond motifs is 1. The highest BCUT2D eigenvalue weighted by atomic mass is 16.3. The van der Waals surface area contributed by atoms with Gasteiger partial charge in [0.25, 0.3) is 0 Å². The van der Waals surface area contributed by atoms with Crippen LogP contribution in [0.2, 0.25) is 0 Å². The smallest absolute Gasteiger partial charge is 0.365 e. The Morgan fingerprint density at radius 1 is 0.822 bits per heavy atom. The fraction of sp³-hybridized carbons (Fsp3) is 0.176. The van der Waals surface area contributed by atoms with Gasteiger partial charge in [0.05, 0.1) is 12.2 Å². The number of hydrazone groups is 1. The van der Waals surface area contributed by atoms with Crippen LogP contribution in [0.15, 0.2) is 102 Å². The molecule has 1 fully saturated rings. The minimum atomic E-state index is -0.606. The molecule has 0 saturated carbocycles. The minimum absolute atomic E-state index is 0.0291. The normalized spacial score (nSPS) is 15.2. The van der Waals surface area contributed by atoms with Gasteiger partial charge in [-0.3, -0.25) is 9.69 Å². The number of phenols is 2. The van der Waals surface area contributed by atoms with Crippen molar-refractivity contribution in [3.05, 3.63) is 114 Å². The summed E-state index contributed by atoms with van der Waals surface area (Å²) in [5.74, 6) is -0.858. The van der Waals surface area contributed by atoms with Crippen molar-refractivity contribution in [1.29, 1.82) is 0 Å². The van der Waals surface area contributed by atoms with E-state index in [9.17, 15) is 24.6 Å². The monoisotopic (exact) mass is 604 g/mol. The third kappa shape index (κ3) is 6.28. The van der Waals surface area contributed by atoms with Crippen molar-refractivity contribution in [2.45, 2.75) is 19.4 Å². The Kier molecular flexibility index (Phi) is 8.06. The minimum Gasteiger partial charge on any atom is -0.508 e. The van der Waals surface area contributed by atoms with Gasteiger partial charge in [-0.15, -0.1) is 10.2 Å². The molecule has 4 aromatic carbocycles. The number of rotatable bonds is 6. The summed E-state index contributed by atoms with van der Waals surface area (Å²) >= 11 is 0. The van der Waals surface area contributed by atoms with Crippen molar-refractivity contribution >= 4 is 29.4 Å². The lowest BCUT2D eigenvalue weighted by Gasteiger charge is -2.31. The fourth-order valence-electron chi connectivity index (χ4n) is 5.59. The van der Waals surface area contributed by atoms with E-state index in [4.69, 9.17) is 5.73 Å². The Morgan fingerprint density at radius 3 is 2.11 bits per heavy atom. The number of nitrogens with one attached hydrogen (secondary N) is 1. The molecule has 5 amide bonds. The molecule has 0 bridgehead atoms. The van der Waals surface area contributed by atoms with E-state index in [1.54, 1.807) is 18.2 Å². The highest BCUT2D eigenvalue weighted by Gasteiger charge is 2.34. The number of hydrazine groups is 1. The van der Waals surface area contributed by atoms with E-state index in [0.29, 0.717) is 48.5 Å². The fourth-order valence-corrected chi connectivity index (χ4v) is 5.59. The molecule has 11 nitrogen and oxygen atoms in total. The van der Waals surface area contributed by atoms with Gasteiger partial charge in [0.2, 0.25) is 5.91 Å². The molecule has 0 spiro atoms. The molecule has 4 aromatic rings. The number of amides is 5. The Hall–Kier alpha value is -5.84. The van der Waals surface area contributed by atoms with E-state index >= 15 is 0 Å². The third-order valence-corrected chi connectivity index (χ3v) is 8.07. The Balaban J connectivity index is 1.36. The van der Waals surface area contributed by atoms with Crippen LogP contribution in [-0.2, 0) is 11.3 Å². The van der Waals surface area contributed by atoms with Crippen molar-refractivity contribution in [3.63, 3.8) is 0 Å². The second-order valence-electron chi connectivity index (χ2n) is 11.0. The Bertz CT molecular complexity index is 1750. The molecule has 5 N–H and O–H groups in total. The number of hydrogen-bond acceptors (Lipinski definition) is 6. The predicted molar refractivity (Wildman–Crippen MR) is 169 cm³/mol. The van der Waals surface area contributed by atoms with Crippen LogP contribution in [0.1, 0.15) is 29.5 Å². The number of benzene rings is 4. The van der Waals surface area contributed by atoms with Crippen LogP contribution in [0.25, 0.3) is 11.1 Å². The molecular formula is C34H32N6O5. The molecule has 2 aliphatic heterocycles. The van der Waals surface area contributed by atoms with E-state index < -0.39 is 23.9 Å². The van der Waals surface area contributed by atoms with E-state index in [1.807, 2.05) is 54.6 Å². The summed E-state index contributed by atoms with van der Waals surface area (Å²) in [6.07, 6.45) is 0.772. The Morgan fingerprint density at radius 2 is 1.44 bits per heavy atom. The summed E-state index contributed by atoms with van der Waals surface area (Å²) in [4.78, 5) is 42.2. The SMILES string of the molecule is NC(=O)N1CCC(C(=O)NN2N=C(c3ccc(O)cc3)c3cc(O)ccc3N(Cc3ccc(-c4ccccc4)cc3)C2=O)CC1. The first kappa shape index (κ1) is 29.2. The summed E-state index contributed by atoms with van der Waals surface area (Å²) < 4.78 is 0. The molecule has 11 heteroatoms. The van der Waals surface area contributed by atoms with Gasteiger partial charge in [-0.05, 0) is 72.0 Å². The number of aromatic hydroxyl groups is 2. The zero-order chi connectivity index (χ0) is 31.5. The molecule has 0 atom stereocenters. The van der Waals surface area contributed by atoms with Gasteiger partial charge in [-0.2, -0.15) is 0 Å². The highest BCUT2D eigenvalue weighted by Crippen LogP contribution is 2.33. The molecule has 228 valence electrons. The van der Waals surface area contributed by atoms with Crippen LogP contribution < -0.4 is 16.1 Å². The first-order valence-corrected chi connectivity index (χ1v) is 14.6. The molecular weight excluding hydrogens is 572 g/mol. The maximum absolute atomic E-state index is 14.2. The molecule has 0 unspecified atom stereocenters. The quantitative estimate of drug-likeness (QED) is 0.250. The van der Waals surface area contributed by atoms with E-state index in [-0.39, 0.29) is 18.0 Å². The number of carbonyl (C=O) groups is 3. The molecule has 0 radical (unpaired) electrons. The van der Waals surface area contributed by atoms with Crippen molar-refractivity contribution < 1.29 is 24.6 Å². The maximum atomic E-state index is 14.2. The van der Waals surface area contributed by atoms with Crippen molar-refractivity contribution in [3.8, 4) is 22.6 Å². The summed E-state index contributed by atoms with van der Waals surface area (Å²) in [6.45, 7) is 0.811. The van der Waals surface area contributed by atoms with Gasteiger partial charge in [0.15, 0.2) is 0 Å². The van der Waals surface area contributed by atoms with Crippen molar-refractivity contribution in [2.75, 3.05) is 18.0 Å². The molecule has 45 heavy (non-hydrogen) atoms. The van der Waals surface area contributed by atoms with Gasteiger partial charge < -0.3 is 20.8 Å². The molecule has 6 rings (SSSR count). The molecule has 0 aliphatic carbocycles. The number of anilines is 1. The first-order valence-electron chi connectivity index (χ1n) is 14.6. The summed E-state index contributed by atoms with van der Waals surface area (Å²) in [7, 11) is 0. The number of carbonyl (C=O) groups excluding carboxylic acids is 3. The molecule has 2 aliphatic rings. The highest BCUT2D eigenvalue weighted by molar-refractivity contribution is 6.19. The number of nitrogens with zero attached hydrogens (tertiary/aromatic N) is 4. The van der Waals surface area contributed by atoms with Crippen LogP contribution in [0.4, 0.5) is 15.3 Å². The lowest BCUT2D eigenvalue weighted by Crippen LogP contribution is -2.52. The Labute approximate surface area is 259 Å². The van der Waals surface area contributed by atoms with Crippen LogP contribution in [-0.4, -0.2) is 57.0 Å². The zero-order valence-electron chi connectivity index (χ0n) is 24.3. The lowest BCUT2D eigenvalue weighted by atomic mass is 9.96. The lowest BCUT2D eigenvalue weighted by molar-refractivity contribution is -0.130. The average molecular weight is 605 g/mol. The summed E-state index contributed by atoms with van der Waals surface area (Å²) in [6, 6.07) is 27.6. The summed E-state index contributed by atoms with van der Waals surface area (Å²) in [5.41, 5.74) is 12.8. The number of likely N-dealkylation sites (tertiary alicyclic amines) is 1. The second kappa shape index (κ2) is 12.4. The summed E-state index contributed by atoms with van der Waals surface area (Å²) in [5, 5.41) is 26.0. The van der Waals surface area contributed by atoms with Gasteiger partial charge in [0.1, 0.15) is 17.2 Å². The van der Waals surface area contributed by atoms with E-state index in [1.165, 1.54) is 34.1 Å². The first-order chi connectivity index (χ1) is 21.8. The van der Waals surface area contributed by atoms with Crippen LogP contribution >= 0.6 is 0 Å². The van der Waals surface area contributed by atoms with Crippen LogP contribution in [0, 0.1) is 5.92 Å². The number of primary amides is 1.